The Morgan fingerprint density at radius 3 is 2.52 bits per heavy atom. The normalized spacial score (nSPS) is 16.7. The van der Waals surface area contributed by atoms with E-state index in [9.17, 15) is 13.2 Å². The van der Waals surface area contributed by atoms with Crippen LogP contribution in [0.15, 0.2) is 23.1 Å². The zero-order chi connectivity index (χ0) is 15.5. The first-order valence-electron chi connectivity index (χ1n) is 7.29. The lowest BCUT2D eigenvalue weighted by molar-refractivity contribution is 0.0943. The lowest BCUT2D eigenvalue weighted by atomic mass is 9.89. The second kappa shape index (κ2) is 6.58. The van der Waals surface area contributed by atoms with Crippen LogP contribution < -0.4 is 10.5 Å². The van der Waals surface area contributed by atoms with Gasteiger partial charge in [0, 0.05) is 12.1 Å². The van der Waals surface area contributed by atoms with Crippen LogP contribution in [0.4, 0.5) is 0 Å². The Morgan fingerprint density at radius 2 is 1.95 bits per heavy atom. The highest BCUT2D eigenvalue weighted by Gasteiger charge is 2.17. The maximum atomic E-state index is 12.2. The summed E-state index contributed by atoms with van der Waals surface area (Å²) in [7, 11) is -3.73. The van der Waals surface area contributed by atoms with Crippen LogP contribution >= 0.6 is 0 Å². The van der Waals surface area contributed by atoms with Crippen LogP contribution in [0.1, 0.15) is 48.0 Å². The maximum Gasteiger partial charge on any atom is 0.251 e. The Balaban J connectivity index is 2.02. The molecule has 6 heteroatoms. The molecule has 1 saturated carbocycles. The Kier molecular flexibility index (Phi) is 5.00. The largest absolute Gasteiger partial charge is 0.352 e. The van der Waals surface area contributed by atoms with Crippen molar-refractivity contribution in [2.24, 2.45) is 11.1 Å². The lowest BCUT2D eigenvalue weighted by Crippen LogP contribution is -2.30. The predicted octanol–water partition coefficient (Wildman–Crippen LogP) is 1.95. The SMILES string of the molecule is Cc1cc(S(N)(=O)=O)ccc1C(=O)NCC1CCCCC1. The summed E-state index contributed by atoms with van der Waals surface area (Å²) in [5.74, 6) is 0.408. The molecule has 0 atom stereocenters. The number of primary sulfonamides is 1. The highest BCUT2D eigenvalue weighted by molar-refractivity contribution is 7.89. The van der Waals surface area contributed by atoms with E-state index in [-0.39, 0.29) is 10.8 Å². The molecule has 1 aliphatic rings. The van der Waals surface area contributed by atoms with Crippen molar-refractivity contribution in [1.82, 2.24) is 5.32 Å². The number of sulfonamides is 1. The summed E-state index contributed by atoms with van der Waals surface area (Å²) in [5.41, 5.74) is 1.11. The molecule has 1 aliphatic carbocycles. The number of benzene rings is 1. The summed E-state index contributed by atoms with van der Waals surface area (Å²) >= 11 is 0. The number of nitrogens with one attached hydrogen (secondary N) is 1. The summed E-state index contributed by atoms with van der Waals surface area (Å²) in [4.78, 5) is 12.2. The lowest BCUT2D eigenvalue weighted by Gasteiger charge is -2.21. The van der Waals surface area contributed by atoms with Gasteiger partial charge in [0.05, 0.1) is 4.90 Å². The molecule has 116 valence electrons. The monoisotopic (exact) mass is 310 g/mol. The molecule has 0 spiro atoms. The molecule has 0 radical (unpaired) electrons. The van der Waals surface area contributed by atoms with E-state index in [4.69, 9.17) is 5.14 Å². The summed E-state index contributed by atoms with van der Waals surface area (Å²) in [6.07, 6.45) is 6.11. The average molecular weight is 310 g/mol. The summed E-state index contributed by atoms with van der Waals surface area (Å²) < 4.78 is 22.6. The molecular formula is C15H22N2O3S. The quantitative estimate of drug-likeness (QED) is 0.890. The first-order chi connectivity index (χ1) is 9.88. The third kappa shape index (κ3) is 4.28. The van der Waals surface area contributed by atoms with Gasteiger partial charge in [-0.3, -0.25) is 4.79 Å². The van der Waals surface area contributed by atoms with Gasteiger partial charge in [-0.15, -0.1) is 0 Å². The highest BCUT2D eigenvalue weighted by atomic mass is 32.2. The number of carbonyl (C=O) groups excluding carboxylic acids is 1. The van der Waals surface area contributed by atoms with Crippen molar-refractivity contribution >= 4 is 15.9 Å². The van der Waals surface area contributed by atoms with Crippen molar-refractivity contribution < 1.29 is 13.2 Å². The third-order valence-corrected chi connectivity index (χ3v) is 4.96. The smallest absolute Gasteiger partial charge is 0.251 e. The summed E-state index contributed by atoms with van der Waals surface area (Å²) in [6.45, 7) is 2.40. The van der Waals surface area contributed by atoms with Gasteiger partial charge in [-0.1, -0.05) is 19.3 Å². The Labute approximate surface area is 126 Å². The molecule has 2 rings (SSSR count). The van der Waals surface area contributed by atoms with E-state index in [0.29, 0.717) is 23.6 Å². The molecule has 0 heterocycles. The van der Waals surface area contributed by atoms with Crippen LogP contribution in [-0.4, -0.2) is 20.9 Å². The molecular weight excluding hydrogens is 288 g/mol. The fourth-order valence-corrected chi connectivity index (χ4v) is 3.39. The molecule has 1 fully saturated rings. The second-order valence-electron chi connectivity index (χ2n) is 5.74. The molecule has 0 aliphatic heterocycles. The van der Waals surface area contributed by atoms with Gasteiger partial charge in [-0.25, -0.2) is 13.6 Å². The number of rotatable bonds is 4. The Morgan fingerprint density at radius 1 is 1.29 bits per heavy atom. The number of amides is 1. The van der Waals surface area contributed by atoms with E-state index in [1.54, 1.807) is 6.92 Å². The summed E-state index contributed by atoms with van der Waals surface area (Å²) in [5, 5.41) is 8.03. The second-order valence-corrected chi connectivity index (χ2v) is 7.30. The minimum atomic E-state index is -3.73. The van der Waals surface area contributed by atoms with Gasteiger partial charge in [-0.2, -0.15) is 0 Å². The molecule has 1 aromatic carbocycles. The van der Waals surface area contributed by atoms with Gasteiger partial charge < -0.3 is 5.32 Å². The predicted molar refractivity (Wildman–Crippen MR) is 81.5 cm³/mol. The average Bonchev–Trinajstić information content (AvgIpc) is 2.45. The number of nitrogens with two attached hydrogens (primary N) is 1. The number of hydrogen-bond acceptors (Lipinski definition) is 3. The summed E-state index contributed by atoms with van der Waals surface area (Å²) in [6, 6.07) is 4.33. The van der Waals surface area contributed by atoms with E-state index in [0.717, 1.165) is 0 Å². The highest BCUT2D eigenvalue weighted by Crippen LogP contribution is 2.23. The van der Waals surface area contributed by atoms with Crippen LogP contribution in [-0.2, 0) is 10.0 Å². The van der Waals surface area contributed by atoms with Gasteiger partial charge >= 0.3 is 0 Å². The molecule has 5 nitrogen and oxygen atoms in total. The molecule has 21 heavy (non-hydrogen) atoms. The van der Waals surface area contributed by atoms with Crippen LogP contribution in [0.25, 0.3) is 0 Å². The van der Waals surface area contributed by atoms with Crippen LogP contribution in [0.5, 0.6) is 0 Å². The van der Waals surface area contributed by atoms with Crippen molar-refractivity contribution in [3.8, 4) is 0 Å². The van der Waals surface area contributed by atoms with E-state index >= 15 is 0 Å². The van der Waals surface area contributed by atoms with Gasteiger partial charge in [0.1, 0.15) is 0 Å². The zero-order valence-electron chi connectivity index (χ0n) is 12.3. The van der Waals surface area contributed by atoms with Gasteiger partial charge in [0.15, 0.2) is 0 Å². The minimum absolute atomic E-state index is 0.0313. The minimum Gasteiger partial charge on any atom is -0.352 e. The Bertz CT molecular complexity index is 620. The van der Waals surface area contributed by atoms with Crippen LogP contribution in [0, 0.1) is 12.8 Å². The van der Waals surface area contributed by atoms with E-state index in [2.05, 4.69) is 5.32 Å². The van der Waals surface area contributed by atoms with Crippen LogP contribution in [0.3, 0.4) is 0 Å². The molecule has 1 amide bonds. The third-order valence-electron chi connectivity index (χ3n) is 4.05. The standard InChI is InChI=1S/C15H22N2O3S/c1-11-9-13(21(16,19)20)7-8-14(11)15(18)17-10-12-5-3-2-4-6-12/h7-9,12H,2-6,10H2,1H3,(H,17,18)(H2,16,19,20). The van der Waals surface area contributed by atoms with Gasteiger partial charge in [-0.05, 0) is 49.4 Å². The fraction of sp³-hybridized carbons (Fsp3) is 0.533. The van der Waals surface area contributed by atoms with E-state index in [1.807, 2.05) is 0 Å². The molecule has 0 aromatic heterocycles. The van der Waals surface area contributed by atoms with E-state index < -0.39 is 10.0 Å². The number of aryl methyl sites for hydroxylation is 1. The fourth-order valence-electron chi connectivity index (χ4n) is 2.79. The van der Waals surface area contributed by atoms with Crippen molar-refractivity contribution in [3.05, 3.63) is 29.3 Å². The van der Waals surface area contributed by atoms with Crippen molar-refractivity contribution in [2.45, 2.75) is 43.9 Å². The zero-order valence-corrected chi connectivity index (χ0v) is 13.1. The Hall–Kier alpha value is -1.40. The van der Waals surface area contributed by atoms with Crippen molar-refractivity contribution in [2.75, 3.05) is 6.54 Å². The first-order valence-corrected chi connectivity index (χ1v) is 8.84. The van der Waals surface area contributed by atoms with Gasteiger partial charge in [0.25, 0.3) is 5.91 Å². The van der Waals surface area contributed by atoms with Crippen molar-refractivity contribution in [3.63, 3.8) is 0 Å². The molecule has 0 unspecified atom stereocenters. The first kappa shape index (κ1) is 16.0. The maximum absolute atomic E-state index is 12.2. The molecule has 0 saturated heterocycles. The number of carbonyl (C=O) groups is 1. The van der Waals surface area contributed by atoms with Gasteiger partial charge in [0.2, 0.25) is 10.0 Å². The number of hydrogen-bond donors (Lipinski definition) is 2. The molecule has 1 aromatic rings. The van der Waals surface area contributed by atoms with E-state index in [1.165, 1.54) is 50.3 Å². The van der Waals surface area contributed by atoms with Crippen molar-refractivity contribution in [1.29, 1.82) is 0 Å². The molecule has 0 bridgehead atoms. The molecule has 3 N–H and O–H groups in total. The van der Waals surface area contributed by atoms with Crippen LogP contribution in [0.2, 0.25) is 0 Å². The topological polar surface area (TPSA) is 89.3 Å².